The quantitative estimate of drug-likeness (QED) is 0.301. The summed E-state index contributed by atoms with van der Waals surface area (Å²) in [6, 6.07) is 9.40. The number of phenolic OH excluding ortho intramolecular Hbond substituents is 1. The number of anilines is 1. The molecule has 0 bridgehead atoms. The van der Waals surface area contributed by atoms with Crippen LogP contribution < -0.4 is 4.90 Å². The first-order valence-corrected chi connectivity index (χ1v) is 10.5. The summed E-state index contributed by atoms with van der Waals surface area (Å²) >= 11 is 23.6. The van der Waals surface area contributed by atoms with Crippen molar-refractivity contribution >= 4 is 76.4 Å². The van der Waals surface area contributed by atoms with Crippen molar-refractivity contribution in [3.8, 4) is 5.75 Å². The van der Waals surface area contributed by atoms with E-state index in [1.807, 2.05) is 13.0 Å². The van der Waals surface area contributed by atoms with Gasteiger partial charge in [-0.2, -0.15) is 0 Å². The second-order valence-electron chi connectivity index (χ2n) is 6.13. The summed E-state index contributed by atoms with van der Waals surface area (Å²) in [6.45, 7) is 3.85. The van der Waals surface area contributed by atoms with Crippen molar-refractivity contribution in [1.82, 2.24) is 0 Å². The van der Waals surface area contributed by atoms with Crippen molar-refractivity contribution < 1.29 is 5.11 Å². The summed E-state index contributed by atoms with van der Waals surface area (Å²) < 4.78 is 0. The van der Waals surface area contributed by atoms with Gasteiger partial charge in [0.2, 0.25) is 0 Å². The number of rotatable bonds is 9. The SMILES string of the molecule is Cc1cc(N(CCCCl)CCCCl)ccc1C=Nc1cc(Cl)c(O)c(Cl)c1.Cl. The molecule has 0 unspecified atom stereocenters. The molecule has 8 heteroatoms. The van der Waals surface area contributed by atoms with E-state index in [2.05, 4.69) is 22.0 Å². The Morgan fingerprint density at radius 3 is 2.07 bits per heavy atom. The van der Waals surface area contributed by atoms with E-state index in [-0.39, 0.29) is 28.2 Å². The Kier molecular flexibility index (Phi) is 11.4. The maximum Gasteiger partial charge on any atom is 0.152 e. The molecule has 0 aliphatic heterocycles. The molecule has 0 aliphatic rings. The van der Waals surface area contributed by atoms with Crippen LogP contribution >= 0.6 is 58.8 Å². The Bertz CT molecular complexity index is 767. The minimum absolute atomic E-state index is 0. The van der Waals surface area contributed by atoms with Crippen LogP contribution in [0.2, 0.25) is 10.0 Å². The highest BCUT2D eigenvalue weighted by molar-refractivity contribution is 6.37. The number of aliphatic imine (C=N–C) groups is 1. The predicted octanol–water partition coefficient (Wildman–Crippen LogP) is 7.24. The second kappa shape index (κ2) is 12.7. The fourth-order valence-electron chi connectivity index (χ4n) is 2.64. The fraction of sp³-hybridized carbons (Fsp3) is 0.350. The molecule has 0 saturated carbocycles. The van der Waals surface area contributed by atoms with Gasteiger partial charge >= 0.3 is 0 Å². The van der Waals surface area contributed by atoms with Gasteiger partial charge in [0.15, 0.2) is 5.75 Å². The molecule has 0 aromatic heterocycles. The van der Waals surface area contributed by atoms with Crippen molar-refractivity contribution in [2.75, 3.05) is 29.7 Å². The van der Waals surface area contributed by atoms with Crippen molar-refractivity contribution in [2.24, 2.45) is 4.99 Å². The Morgan fingerprint density at radius 1 is 1.00 bits per heavy atom. The van der Waals surface area contributed by atoms with Gasteiger partial charge in [0, 0.05) is 36.8 Å². The van der Waals surface area contributed by atoms with E-state index in [1.54, 1.807) is 18.3 Å². The maximum atomic E-state index is 9.63. The smallest absolute Gasteiger partial charge is 0.152 e. The highest BCUT2D eigenvalue weighted by Crippen LogP contribution is 2.35. The number of hydrogen-bond acceptors (Lipinski definition) is 3. The van der Waals surface area contributed by atoms with Crippen LogP contribution in [0.15, 0.2) is 35.3 Å². The molecule has 2 aromatic carbocycles. The summed E-state index contributed by atoms with van der Waals surface area (Å²) in [7, 11) is 0. The molecule has 2 aromatic rings. The van der Waals surface area contributed by atoms with Gasteiger partial charge in [-0.05, 0) is 55.2 Å². The molecule has 0 radical (unpaired) electrons. The molecular weight excluding hydrogens is 461 g/mol. The lowest BCUT2D eigenvalue weighted by Gasteiger charge is -2.25. The lowest BCUT2D eigenvalue weighted by atomic mass is 10.1. The van der Waals surface area contributed by atoms with Gasteiger partial charge in [0.05, 0.1) is 15.7 Å². The van der Waals surface area contributed by atoms with Gasteiger partial charge < -0.3 is 10.0 Å². The molecule has 0 aliphatic carbocycles. The molecule has 0 heterocycles. The molecule has 0 fully saturated rings. The normalized spacial score (nSPS) is 10.9. The van der Waals surface area contributed by atoms with E-state index in [9.17, 15) is 5.11 Å². The van der Waals surface area contributed by atoms with Crippen molar-refractivity contribution in [2.45, 2.75) is 19.8 Å². The van der Waals surface area contributed by atoms with Gasteiger partial charge in [-0.1, -0.05) is 29.3 Å². The van der Waals surface area contributed by atoms with Crippen LogP contribution in [0.1, 0.15) is 24.0 Å². The molecule has 0 spiro atoms. The number of aryl methyl sites for hydroxylation is 1. The highest BCUT2D eigenvalue weighted by Gasteiger charge is 2.08. The number of aromatic hydroxyl groups is 1. The Balaban J connectivity index is 0.00000392. The molecular formula is C20H23Cl5N2O. The molecule has 2 rings (SSSR count). The maximum absolute atomic E-state index is 9.63. The third-order valence-corrected chi connectivity index (χ3v) is 5.21. The van der Waals surface area contributed by atoms with Crippen molar-refractivity contribution in [1.29, 1.82) is 0 Å². The van der Waals surface area contributed by atoms with E-state index >= 15 is 0 Å². The Morgan fingerprint density at radius 2 is 1.57 bits per heavy atom. The number of phenols is 1. The number of hydrogen-bond donors (Lipinski definition) is 1. The zero-order chi connectivity index (χ0) is 19.8. The molecule has 0 amide bonds. The highest BCUT2D eigenvalue weighted by atomic mass is 35.5. The van der Waals surface area contributed by atoms with Crippen LogP contribution in [0.3, 0.4) is 0 Å². The van der Waals surface area contributed by atoms with Crippen LogP contribution in [0.25, 0.3) is 0 Å². The van der Waals surface area contributed by atoms with E-state index < -0.39 is 0 Å². The number of halogens is 5. The van der Waals surface area contributed by atoms with E-state index in [1.165, 1.54) is 0 Å². The first-order valence-electron chi connectivity index (χ1n) is 8.66. The Hall–Kier alpha value is -0.840. The van der Waals surface area contributed by atoms with Crippen LogP contribution in [-0.4, -0.2) is 36.2 Å². The summed E-state index contributed by atoms with van der Waals surface area (Å²) in [5, 5.41) is 9.98. The van der Waals surface area contributed by atoms with E-state index in [0.717, 1.165) is 42.7 Å². The topological polar surface area (TPSA) is 35.8 Å². The van der Waals surface area contributed by atoms with Gasteiger partial charge in [-0.15, -0.1) is 35.6 Å². The molecule has 0 atom stereocenters. The zero-order valence-corrected chi connectivity index (χ0v) is 19.3. The minimum Gasteiger partial charge on any atom is -0.505 e. The molecule has 1 N–H and O–H groups in total. The average molecular weight is 485 g/mol. The largest absolute Gasteiger partial charge is 0.505 e. The average Bonchev–Trinajstić information content (AvgIpc) is 2.65. The van der Waals surface area contributed by atoms with Gasteiger partial charge in [-0.3, -0.25) is 4.99 Å². The summed E-state index contributed by atoms with van der Waals surface area (Å²) in [4.78, 5) is 6.72. The summed E-state index contributed by atoms with van der Waals surface area (Å²) in [5.41, 5.74) is 3.83. The van der Waals surface area contributed by atoms with E-state index in [4.69, 9.17) is 46.4 Å². The third-order valence-electron chi connectivity index (χ3n) is 4.10. The van der Waals surface area contributed by atoms with Crippen molar-refractivity contribution in [3.63, 3.8) is 0 Å². The van der Waals surface area contributed by atoms with Gasteiger partial charge in [-0.25, -0.2) is 0 Å². The second-order valence-corrected chi connectivity index (χ2v) is 7.70. The van der Waals surface area contributed by atoms with Crippen LogP contribution in [0.5, 0.6) is 5.75 Å². The van der Waals surface area contributed by atoms with Crippen LogP contribution in [0, 0.1) is 6.92 Å². The molecule has 28 heavy (non-hydrogen) atoms. The fourth-order valence-corrected chi connectivity index (χ4v) is 3.36. The Labute approximate surface area is 192 Å². The first kappa shape index (κ1) is 25.2. The van der Waals surface area contributed by atoms with E-state index in [0.29, 0.717) is 17.4 Å². The summed E-state index contributed by atoms with van der Waals surface area (Å²) in [6.07, 6.45) is 3.61. The lowest BCUT2D eigenvalue weighted by Crippen LogP contribution is -2.26. The first-order chi connectivity index (χ1) is 13.0. The lowest BCUT2D eigenvalue weighted by molar-refractivity contribution is 0.476. The zero-order valence-electron chi connectivity index (χ0n) is 15.5. The third kappa shape index (κ3) is 7.20. The number of nitrogens with zero attached hydrogens (tertiary/aromatic N) is 2. The van der Waals surface area contributed by atoms with Crippen LogP contribution in [-0.2, 0) is 0 Å². The number of benzene rings is 2. The van der Waals surface area contributed by atoms with Crippen LogP contribution in [0.4, 0.5) is 11.4 Å². The monoisotopic (exact) mass is 482 g/mol. The van der Waals surface area contributed by atoms with Crippen molar-refractivity contribution in [3.05, 3.63) is 51.5 Å². The minimum atomic E-state index is -0.133. The molecule has 0 saturated heterocycles. The standard InChI is InChI=1S/C20H22Cl4N2O.ClH/c1-14-10-17(26(8-2-6-21)9-3-7-22)5-4-15(14)13-25-16-11-18(23)20(27)19(24)12-16;/h4-5,10-13,27H,2-3,6-9H2,1H3;1H. The number of alkyl halides is 2. The predicted molar refractivity (Wildman–Crippen MR) is 127 cm³/mol. The molecule has 154 valence electrons. The van der Waals surface area contributed by atoms with Gasteiger partial charge in [0.25, 0.3) is 0 Å². The van der Waals surface area contributed by atoms with Gasteiger partial charge in [0.1, 0.15) is 0 Å². The summed E-state index contributed by atoms with van der Waals surface area (Å²) in [5.74, 6) is 1.14. The molecule has 3 nitrogen and oxygen atoms in total.